The highest BCUT2D eigenvalue weighted by Gasteiger charge is 2.19. The molecule has 6 heteroatoms. The zero-order chi connectivity index (χ0) is 17.8. The van der Waals surface area contributed by atoms with Crippen LogP contribution in [0.15, 0.2) is 41.4 Å². The minimum atomic E-state index is -0.150. The molecule has 0 atom stereocenters. The number of nitrogens with zero attached hydrogens (tertiary/aromatic N) is 1. The zero-order valence-electron chi connectivity index (χ0n) is 13.6. The fraction of sp³-hybridized carbons (Fsp3) is 0.211. The van der Waals surface area contributed by atoms with Gasteiger partial charge in [0.1, 0.15) is 17.2 Å². The van der Waals surface area contributed by atoms with Crippen LogP contribution in [0.3, 0.4) is 0 Å². The first-order valence-electron chi connectivity index (χ1n) is 7.98. The molecule has 0 saturated heterocycles. The van der Waals surface area contributed by atoms with Crippen molar-refractivity contribution in [2.45, 2.75) is 6.42 Å². The SMILES string of the molecule is NCCCOc1ccc(C2=C(c3cc(Cl)c(O)cc3O)CN=C2)cc1. The molecule has 1 aliphatic heterocycles. The van der Waals surface area contributed by atoms with Crippen molar-refractivity contribution in [1.29, 1.82) is 0 Å². The van der Waals surface area contributed by atoms with Crippen LogP contribution in [0.1, 0.15) is 17.5 Å². The fourth-order valence-corrected chi connectivity index (χ4v) is 2.83. The Labute approximate surface area is 151 Å². The van der Waals surface area contributed by atoms with E-state index in [9.17, 15) is 10.2 Å². The summed E-state index contributed by atoms with van der Waals surface area (Å²) < 4.78 is 5.61. The van der Waals surface area contributed by atoms with E-state index in [1.54, 1.807) is 12.3 Å². The number of hydrogen-bond donors (Lipinski definition) is 3. The lowest BCUT2D eigenvalue weighted by Crippen LogP contribution is -2.06. The van der Waals surface area contributed by atoms with Crippen LogP contribution in [-0.2, 0) is 0 Å². The summed E-state index contributed by atoms with van der Waals surface area (Å²) in [5.41, 5.74) is 8.75. The molecule has 1 heterocycles. The largest absolute Gasteiger partial charge is 0.507 e. The Balaban J connectivity index is 1.91. The molecule has 0 fully saturated rings. The van der Waals surface area contributed by atoms with Crippen molar-refractivity contribution in [1.82, 2.24) is 0 Å². The molecule has 0 radical (unpaired) electrons. The second kappa shape index (κ2) is 7.59. The predicted octanol–water partition coefficient (Wildman–Crippen LogP) is 3.47. The van der Waals surface area contributed by atoms with Gasteiger partial charge in [-0.3, -0.25) is 4.99 Å². The number of aliphatic imine (C=N–C) groups is 1. The van der Waals surface area contributed by atoms with Gasteiger partial charge in [0.2, 0.25) is 0 Å². The standard InChI is InChI=1S/C19H19ClN2O3/c20-17-8-14(18(23)9-19(17)24)16-11-22-10-15(16)12-2-4-13(5-3-12)25-7-1-6-21/h2-5,8-10,23-24H,1,6-7,11,21H2. The van der Waals surface area contributed by atoms with Gasteiger partial charge in [0, 0.05) is 23.4 Å². The summed E-state index contributed by atoms with van der Waals surface area (Å²) in [6, 6.07) is 10.5. The first-order valence-corrected chi connectivity index (χ1v) is 8.36. The van der Waals surface area contributed by atoms with Crippen LogP contribution in [-0.4, -0.2) is 36.1 Å². The van der Waals surface area contributed by atoms with Crippen molar-refractivity contribution in [3.8, 4) is 17.2 Å². The lowest BCUT2D eigenvalue weighted by atomic mass is 9.96. The molecule has 0 spiro atoms. The predicted molar refractivity (Wildman–Crippen MR) is 101 cm³/mol. The summed E-state index contributed by atoms with van der Waals surface area (Å²) in [6.07, 6.45) is 2.59. The smallest absolute Gasteiger partial charge is 0.137 e. The Morgan fingerprint density at radius 1 is 1.12 bits per heavy atom. The molecule has 4 N–H and O–H groups in total. The number of ether oxygens (including phenoxy) is 1. The highest BCUT2D eigenvalue weighted by Crippen LogP contribution is 2.39. The molecular weight excluding hydrogens is 340 g/mol. The van der Waals surface area contributed by atoms with Crippen LogP contribution >= 0.6 is 11.6 Å². The Hall–Kier alpha value is -2.50. The molecule has 2 aromatic rings. The van der Waals surface area contributed by atoms with Crippen LogP contribution in [0.2, 0.25) is 5.02 Å². The third kappa shape index (κ3) is 3.78. The molecule has 0 saturated carbocycles. The average Bonchev–Trinajstić information content (AvgIpc) is 3.08. The van der Waals surface area contributed by atoms with E-state index >= 15 is 0 Å². The van der Waals surface area contributed by atoms with Crippen molar-refractivity contribution in [3.63, 3.8) is 0 Å². The number of aromatic hydroxyl groups is 2. The van der Waals surface area contributed by atoms with E-state index in [4.69, 9.17) is 22.1 Å². The maximum Gasteiger partial charge on any atom is 0.137 e. The third-order valence-electron chi connectivity index (χ3n) is 3.97. The molecule has 0 aromatic heterocycles. The van der Waals surface area contributed by atoms with Gasteiger partial charge >= 0.3 is 0 Å². The lowest BCUT2D eigenvalue weighted by Gasteiger charge is -2.11. The molecule has 0 bridgehead atoms. The van der Waals surface area contributed by atoms with Crippen molar-refractivity contribution in [2.75, 3.05) is 19.7 Å². The molecule has 25 heavy (non-hydrogen) atoms. The van der Waals surface area contributed by atoms with E-state index in [0.717, 1.165) is 28.9 Å². The van der Waals surface area contributed by atoms with Gasteiger partial charge in [-0.25, -0.2) is 0 Å². The Morgan fingerprint density at radius 3 is 2.60 bits per heavy atom. The molecule has 0 aliphatic carbocycles. The number of benzene rings is 2. The highest BCUT2D eigenvalue weighted by molar-refractivity contribution is 6.32. The van der Waals surface area contributed by atoms with E-state index in [2.05, 4.69) is 4.99 Å². The molecular formula is C19H19ClN2O3. The number of rotatable bonds is 6. The first-order chi connectivity index (χ1) is 12.1. The number of phenols is 2. The summed E-state index contributed by atoms with van der Waals surface area (Å²) in [5, 5.41) is 20.0. The number of nitrogens with two attached hydrogens (primary N) is 1. The molecule has 3 rings (SSSR count). The maximum absolute atomic E-state index is 10.2. The van der Waals surface area contributed by atoms with Crippen LogP contribution in [0.25, 0.3) is 11.1 Å². The third-order valence-corrected chi connectivity index (χ3v) is 4.27. The van der Waals surface area contributed by atoms with E-state index < -0.39 is 0 Å². The Bertz CT molecular complexity index is 829. The van der Waals surface area contributed by atoms with E-state index in [1.807, 2.05) is 24.3 Å². The summed E-state index contributed by atoms with van der Waals surface area (Å²) in [6.45, 7) is 1.63. The summed E-state index contributed by atoms with van der Waals surface area (Å²) >= 11 is 5.99. The monoisotopic (exact) mass is 358 g/mol. The zero-order valence-corrected chi connectivity index (χ0v) is 14.3. The quantitative estimate of drug-likeness (QED) is 0.690. The van der Waals surface area contributed by atoms with Gasteiger partial charge in [-0.2, -0.15) is 0 Å². The van der Waals surface area contributed by atoms with Gasteiger partial charge in [-0.1, -0.05) is 23.7 Å². The summed E-state index contributed by atoms with van der Waals surface area (Å²) in [4.78, 5) is 4.31. The van der Waals surface area contributed by atoms with E-state index in [0.29, 0.717) is 25.3 Å². The minimum Gasteiger partial charge on any atom is -0.507 e. The molecule has 130 valence electrons. The molecule has 1 aliphatic rings. The second-order valence-electron chi connectivity index (χ2n) is 5.70. The second-order valence-corrected chi connectivity index (χ2v) is 6.11. The van der Waals surface area contributed by atoms with E-state index in [1.165, 1.54) is 6.07 Å². The number of phenolic OH excluding ortho intramolecular Hbond substituents is 2. The van der Waals surface area contributed by atoms with E-state index in [-0.39, 0.29) is 16.5 Å². The summed E-state index contributed by atoms with van der Waals surface area (Å²) in [7, 11) is 0. The fourth-order valence-electron chi connectivity index (χ4n) is 2.67. The Morgan fingerprint density at radius 2 is 1.88 bits per heavy atom. The number of halogens is 1. The molecule has 5 nitrogen and oxygen atoms in total. The first kappa shape index (κ1) is 17.3. The highest BCUT2D eigenvalue weighted by atomic mass is 35.5. The topological polar surface area (TPSA) is 88.1 Å². The van der Waals surface area contributed by atoms with Gasteiger partial charge in [0.05, 0.1) is 18.2 Å². The lowest BCUT2D eigenvalue weighted by molar-refractivity contribution is 0.313. The van der Waals surface area contributed by atoms with Crippen molar-refractivity contribution >= 4 is 29.0 Å². The number of hydrogen-bond acceptors (Lipinski definition) is 5. The van der Waals surface area contributed by atoms with Gasteiger partial charge < -0.3 is 20.7 Å². The van der Waals surface area contributed by atoms with Crippen LogP contribution in [0.5, 0.6) is 17.2 Å². The molecule has 2 aromatic carbocycles. The van der Waals surface area contributed by atoms with Gasteiger partial charge in [-0.15, -0.1) is 0 Å². The van der Waals surface area contributed by atoms with Crippen LogP contribution in [0, 0.1) is 0 Å². The minimum absolute atomic E-state index is 0.0263. The maximum atomic E-state index is 10.2. The van der Waals surface area contributed by atoms with Gasteiger partial charge in [0.25, 0.3) is 0 Å². The van der Waals surface area contributed by atoms with Gasteiger partial charge in [0.15, 0.2) is 0 Å². The van der Waals surface area contributed by atoms with Crippen molar-refractivity contribution < 1.29 is 14.9 Å². The van der Waals surface area contributed by atoms with Crippen LogP contribution < -0.4 is 10.5 Å². The van der Waals surface area contributed by atoms with Crippen molar-refractivity contribution in [2.24, 2.45) is 10.7 Å². The molecule has 0 unspecified atom stereocenters. The average molecular weight is 359 g/mol. The summed E-state index contributed by atoms with van der Waals surface area (Å²) in [5.74, 6) is 0.606. The van der Waals surface area contributed by atoms with Gasteiger partial charge in [-0.05, 0) is 42.3 Å². The molecule has 0 amide bonds. The van der Waals surface area contributed by atoms with Crippen molar-refractivity contribution in [3.05, 3.63) is 52.5 Å². The normalized spacial score (nSPS) is 13.5. The number of allylic oxidation sites excluding steroid dienone is 1. The Kier molecular flexibility index (Phi) is 5.26. The van der Waals surface area contributed by atoms with Crippen LogP contribution in [0.4, 0.5) is 0 Å².